The smallest absolute Gasteiger partial charge is 0.224 e. The summed E-state index contributed by atoms with van der Waals surface area (Å²) in [6.07, 6.45) is 0.474. The predicted molar refractivity (Wildman–Crippen MR) is 77.5 cm³/mol. The second kappa shape index (κ2) is 7.49. The largest absolute Gasteiger partial charge is 0.384 e. The maximum atomic E-state index is 11.8. The quantitative estimate of drug-likeness (QED) is 0.866. The first-order valence-corrected chi connectivity index (χ1v) is 6.80. The van der Waals surface area contributed by atoms with Crippen LogP contribution >= 0.6 is 23.2 Å². The van der Waals surface area contributed by atoms with Crippen LogP contribution < -0.4 is 5.32 Å². The van der Waals surface area contributed by atoms with Crippen LogP contribution in [-0.2, 0) is 4.79 Å². The molecular formula is C13H18Cl2N2O. The van der Waals surface area contributed by atoms with Crippen molar-refractivity contribution in [2.75, 3.05) is 25.0 Å². The van der Waals surface area contributed by atoms with E-state index in [1.165, 1.54) is 0 Å². The average Bonchev–Trinajstić information content (AvgIpc) is 2.35. The standard InChI is InChI=1S/C13H18Cl2N2O/c1-3-17(4-2)13(18)7-8-16-10-5-6-11(14)12(15)9-10/h5-6,9,16H,3-4,7-8H2,1-2H3. The molecule has 0 atom stereocenters. The van der Waals surface area contributed by atoms with E-state index in [4.69, 9.17) is 23.2 Å². The van der Waals surface area contributed by atoms with Gasteiger partial charge in [-0.2, -0.15) is 0 Å². The molecule has 0 saturated carbocycles. The Balaban J connectivity index is 2.41. The molecule has 0 unspecified atom stereocenters. The summed E-state index contributed by atoms with van der Waals surface area (Å²) in [5.74, 6) is 0.160. The summed E-state index contributed by atoms with van der Waals surface area (Å²) >= 11 is 11.7. The second-order valence-electron chi connectivity index (χ2n) is 3.87. The van der Waals surface area contributed by atoms with E-state index in [0.29, 0.717) is 23.0 Å². The molecule has 0 fully saturated rings. The van der Waals surface area contributed by atoms with Crippen LogP contribution in [-0.4, -0.2) is 30.4 Å². The number of hydrogen-bond acceptors (Lipinski definition) is 2. The Labute approximate surface area is 118 Å². The number of halogens is 2. The highest BCUT2D eigenvalue weighted by molar-refractivity contribution is 6.42. The van der Waals surface area contributed by atoms with Crippen molar-refractivity contribution in [3.8, 4) is 0 Å². The van der Waals surface area contributed by atoms with Crippen molar-refractivity contribution in [1.82, 2.24) is 4.90 Å². The van der Waals surface area contributed by atoms with E-state index in [1.54, 1.807) is 12.1 Å². The maximum absolute atomic E-state index is 11.8. The third-order valence-corrected chi connectivity index (χ3v) is 3.44. The normalized spacial score (nSPS) is 10.2. The number of benzene rings is 1. The number of amides is 1. The molecule has 100 valence electrons. The molecule has 0 aliphatic heterocycles. The Kier molecular flexibility index (Phi) is 6.30. The van der Waals surface area contributed by atoms with Crippen LogP contribution in [0.3, 0.4) is 0 Å². The predicted octanol–water partition coefficient (Wildman–Crippen LogP) is 3.66. The SMILES string of the molecule is CCN(CC)C(=O)CCNc1ccc(Cl)c(Cl)c1. The van der Waals surface area contributed by atoms with Crippen LogP contribution in [0.25, 0.3) is 0 Å². The number of rotatable bonds is 6. The van der Waals surface area contributed by atoms with Gasteiger partial charge in [-0.05, 0) is 32.0 Å². The van der Waals surface area contributed by atoms with Gasteiger partial charge in [0.1, 0.15) is 0 Å². The van der Waals surface area contributed by atoms with Gasteiger partial charge in [0.25, 0.3) is 0 Å². The maximum Gasteiger partial charge on any atom is 0.224 e. The topological polar surface area (TPSA) is 32.3 Å². The van der Waals surface area contributed by atoms with Crippen LogP contribution in [0.4, 0.5) is 5.69 Å². The lowest BCUT2D eigenvalue weighted by atomic mass is 10.3. The zero-order valence-corrected chi connectivity index (χ0v) is 12.2. The summed E-state index contributed by atoms with van der Waals surface area (Å²) in [5.41, 5.74) is 0.872. The zero-order chi connectivity index (χ0) is 13.5. The van der Waals surface area contributed by atoms with Crippen molar-refractivity contribution in [2.45, 2.75) is 20.3 Å². The molecular weight excluding hydrogens is 271 g/mol. The lowest BCUT2D eigenvalue weighted by Crippen LogP contribution is -2.31. The lowest BCUT2D eigenvalue weighted by Gasteiger charge is -2.18. The molecule has 1 amide bonds. The second-order valence-corrected chi connectivity index (χ2v) is 4.69. The van der Waals surface area contributed by atoms with Crippen molar-refractivity contribution < 1.29 is 4.79 Å². The molecule has 0 heterocycles. The molecule has 1 N–H and O–H groups in total. The van der Waals surface area contributed by atoms with E-state index in [1.807, 2.05) is 24.8 Å². The fourth-order valence-corrected chi connectivity index (χ4v) is 1.95. The van der Waals surface area contributed by atoms with Crippen LogP contribution in [0.15, 0.2) is 18.2 Å². The fraction of sp³-hybridized carbons (Fsp3) is 0.462. The highest BCUT2D eigenvalue weighted by Gasteiger charge is 2.08. The molecule has 0 radical (unpaired) electrons. The molecule has 3 nitrogen and oxygen atoms in total. The van der Waals surface area contributed by atoms with Gasteiger partial charge in [-0.15, -0.1) is 0 Å². The number of carbonyl (C=O) groups excluding carboxylic acids is 1. The van der Waals surface area contributed by atoms with Crippen molar-refractivity contribution in [1.29, 1.82) is 0 Å². The van der Waals surface area contributed by atoms with Crippen LogP contribution in [0.5, 0.6) is 0 Å². The van der Waals surface area contributed by atoms with Gasteiger partial charge in [-0.3, -0.25) is 4.79 Å². The van der Waals surface area contributed by atoms with E-state index >= 15 is 0 Å². The summed E-state index contributed by atoms with van der Waals surface area (Å²) in [4.78, 5) is 13.6. The summed E-state index contributed by atoms with van der Waals surface area (Å²) in [7, 11) is 0. The Morgan fingerprint density at radius 2 is 1.89 bits per heavy atom. The molecule has 0 aliphatic rings. The molecule has 0 spiro atoms. The van der Waals surface area contributed by atoms with Gasteiger partial charge in [0, 0.05) is 31.7 Å². The van der Waals surface area contributed by atoms with Gasteiger partial charge in [0.15, 0.2) is 0 Å². The van der Waals surface area contributed by atoms with Gasteiger partial charge in [0.2, 0.25) is 5.91 Å². The van der Waals surface area contributed by atoms with Crippen molar-refractivity contribution in [3.05, 3.63) is 28.2 Å². The van der Waals surface area contributed by atoms with E-state index in [0.717, 1.165) is 18.8 Å². The number of nitrogens with one attached hydrogen (secondary N) is 1. The van der Waals surface area contributed by atoms with E-state index in [9.17, 15) is 4.79 Å². The Morgan fingerprint density at radius 3 is 2.44 bits per heavy atom. The average molecular weight is 289 g/mol. The number of anilines is 1. The minimum atomic E-state index is 0.160. The summed E-state index contributed by atoms with van der Waals surface area (Å²) < 4.78 is 0. The Morgan fingerprint density at radius 1 is 1.22 bits per heavy atom. The molecule has 0 saturated heterocycles. The zero-order valence-electron chi connectivity index (χ0n) is 10.7. The molecule has 1 aromatic rings. The number of nitrogens with zero attached hydrogens (tertiary/aromatic N) is 1. The molecule has 0 aliphatic carbocycles. The first-order chi connectivity index (χ1) is 8.58. The first kappa shape index (κ1) is 15.1. The van der Waals surface area contributed by atoms with E-state index < -0.39 is 0 Å². The minimum absolute atomic E-state index is 0.160. The highest BCUT2D eigenvalue weighted by atomic mass is 35.5. The molecule has 0 bridgehead atoms. The summed E-state index contributed by atoms with van der Waals surface area (Å²) in [6, 6.07) is 5.33. The molecule has 5 heteroatoms. The highest BCUT2D eigenvalue weighted by Crippen LogP contribution is 2.24. The van der Waals surface area contributed by atoms with Crippen LogP contribution in [0.1, 0.15) is 20.3 Å². The van der Waals surface area contributed by atoms with Crippen LogP contribution in [0.2, 0.25) is 10.0 Å². The van der Waals surface area contributed by atoms with Gasteiger partial charge in [-0.25, -0.2) is 0 Å². The summed E-state index contributed by atoms with van der Waals surface area (Å²) in [5, 5.41) is 4.20. The van der Waals surface area contributed by atoms with Crippen molar-refractivity contribution in [2.24, 2.45) is 0 Å². The molecule has 18 heavy (non-hydrogen) atoms. The fourth-order valence-electron chi connectivity index (χ4n) is 1.65. The van der Waals surface area contributed by atoms with E-state index in [2.05, 4.69) is 5.32 Å². The van der Waals surface area contributed by atoms with Gasteiger partial charge in [0.05, 0.1) is 10.0 Å². The van der Waals surface area contributed by atoms with Crippen LogP contribution in [0, 0.1) is 0 Å². The van der Waals surface area contributed by atoms with Crippen molar-refractivity contribution >= 4 is 34.8 Å². The molecule has 0 aromatic heterocycles. The monoisotopic (exact) mass is 288 g/mol. The third kappa shape index (κ3) is 4.39. The third-order valence-electron chi connectivity index (χ3n) is 2.70. The summed E-state index contributed by atoms with van der Waals surface area (Å²) in [6.45, 7) is 6.05. The van der Waals surface area contributed by atoms with Gasteiger partial charge < -0.3 is 10.2 Å². The van der Waals surface area contributed by atoms with Crippen molar-refractivity contribution in [3.63, 3.8) is 0 Å². The minimum Gasteiger partial charge on any atom is -0.384 e. The Hall–Kier alpha value is -0.930. The van der Waals surface area contributed by atoms with Gasteiger partial charge >= 0.3 is 0 Å². The van der Waals surface area contributed by atoms with Gasteiger partial charge in [-0.1, -0.05) is 23.2 Å². The molecule has 1 rings (SSSR count). The molecule has 1 aromatic carbocycles. The first-order valence-electron chi connectivity index (χ1n) is 6.05. The van der Waals surface area contributed by atoms with E-state index in [-0.39, 0.29) is 5.91 Å². The number of carbonyl (C=O) groups is 1. The Bertz CT molecular complexity index is 406. The number of hydrogen-bond donors (Lipinski definition) is 1. The lowest BCUT2D eigenvalue weighted by molar-refractivity contribution is -0.130.